The predicted octanol–water partition coefficient (Wildman–Crippen LogP) is 16.1. The van der Waals surface area contributed by atoms with E-state index in [2.05, 4.69) is 57.4 Å². The number of pyridine rings is 3. The van der Waals surface area contributed by atoms with Crippen LogP contribution < -0.4 is 9.80 Å². The molecule has 8 aromatic carbocycles. The highest BCUT2D eigenvalue weighted by atomic mass is 16.3. The third-order valence-corrected chi connectivity index (χ3v) is 13.0. The van der Waals surface area contributed by atoms with Crippen LogP contribution in [0.5, 0.6) is 0 Å². The molecule has 0 aliphatic carbocycles. The van der Waals surface area contributed by atoms with Gasteiger partial charge >= 0.3 is 0 Å². The van der Waals surface area contributed by atoms with E-state index in [0.29, 0.717) is 45.0 Å². The van der Waals surface area contributed by atoms with E-state index in [0.717, 1.165) is 66.8 Å². The van der Waals surface area contributed by atoms with E-state index in [4.69, 9.17) is 4.42 Å². The zero-order valence-corrected chi connectivity index (χ0v) is 39.3. The minimum Gasteiger partial charge on any atom is -0.455 e. The lowest BCUT2D eigenvalue weighted by atomic mass is 9.89. The van der Waals surface area contributed by atoms with Crippen LogP contribution in [0.2, 0.25) is 0 Å². The Morgan fingerprint density at radius 3 is 1.22 bits per heavy atom. The van der Waals surface area contributed by atoms with E-state index in [9.17, 15) is 0 Å². The molecular weight excluding hydrogens is 899 g/mol. The molecule has 0 aliphatic heterocycles. The van der Waals surface area contributed by atoms with Crippen LogP contribution in [0.15, 0.2) is 266 Å². The number of carbonyl (C=O) groups excluding carboxylic acids is 2. The van der Waals surface area contributed by atoms with Gasteiger partial charge in [0.25, 0.3) is 11.8 Å². The Morgan fingerprint density at radius 1 is 0.342 bits per heavy atom. The number of nitrogens with zero attached hydrogens (tertiary/aromatic N) is 5. The molecule has 0 radical (unpaired) electrons. The minimum atomic E-state index is -0.329. The number of carbonyl (C=O) groups is 2. The zero-order valence-electron chi connectivity index (χ0n) is 39.3. The van der Waals surface area contributed by atoms with Crippen LogP contribution in [0, 0.1) is 0 Å². The summed E-state index contributed by atoms with van der Waals surface area (Å²) in [4.78, 5) is 48.6. The van der Waals surface area contributed by atoms with Gasteiger partial charge in [0.1, 0.15) is 11.2 Å². The van der Waals surface area contributed by atoms with Gasteiger partial charge in [-0.25, -0.2) is 0 Å². The van der Waals surface area contributed by atoms with Crippen LogP contribution >= 0.6 is 0 Å². The van der Waals surface area contributed by atoms with Gasteiger partial charge in [-0.1, -0.05) is 127 Å². The summed E-state index contributed by atoms with van der Waals surface area (Å²) in [6.45, 7) is 0. The van der Waals surface area contributed by atoms with E-state index in [-0.39, 0.29) is 11.8 Å². The lowest BCUT2D eigenvalue weighted by Gasteiger charge is -2.26. The standard InChI is InChI=1S/C65H43N5O3/c71-64(69(51-15-3-1-4-16-51)53-32-28-45(29-33-53)59-21-10-13-39-67-59)49-41-48(42-50(43-49)65(72)70(52-17-5-2-6-18-52)54-34-30-46(31-35-54)60-22-11-14-40-68-60)55-36-37-57-56-19-7-8-23-61(56)73-63(57)62(55)47-26-24-44(25-27-47)58-20-9-12-38-66-58/h1-43H. The minimum absolute atomic E-state index is 0.304. The quantitative estimate of drug-likeness (QED) is 0.128. The van der Waals surface area contributed by atoms with Gasteiger partial charge in [0.2, 0.25) is 0 Å². The number of amides is 2. The smallest absolute Gasteiger partial charge is 0.262 e. The lowest BCUT2D eigenvalue weighted by molar-refractivity contribution is 0.0998. The molecule has 2 amide bonds. The van der Waals surface area contributed by atoms with Crippen LogP contribution in [0.1, 0.15) is 20.7 Å². The Labute approximate surface area is 421 Å². The third-order valence-electron chi connectivity index (χ3n) is 13.0. The van der Waals surface area contributed by atoms with Crippen LogP contribution in [-0.2, 0) is 0 Å². The molecule has 4 aromatic heterocycles. The SMILES string of the molecule is O=C(c1cc(C(=O)N(c2ccccc2)c2ccc(-c3ccccn3)cc2)cc(-c2ccc3c(oc4ccccc43)c2-c2ccc(-c3ccccn3)cc2)c1)N(c1ccccc1)c1ccc(-c2ccccn2)cc1. The van der Waals surface area contributed by atoms with Crippen molar-refractivity contribution in [1.82, 2.24) is 15.0 Å². The van der Waals surface area contributed by atoms with Crippen molar-refractivity contribution in [1.29, 1.82) is 0 Å². The molecule has 0 N–H and O–H groups in total. The number of para-hydroxylation sites is 3. The summed E-state index contributed by atoms with van der Waals surface area (Å²) in [6, 6.07) is 78.1. The van der Waals surface area contributed by atoms with Crippen molar-refractivity contribution in [3.63, 3.8) is 0 Å². The average molecular weight is 942 g/mol. The summed E-state index contributed by atoms with van der Waals surface area (Å²) in [7, 11) is 0. The van der Waals surface area contributed by atoms with Crippen molar-refractivity contribution in [3.8, 4) is 56.0 Å². The highest BCUT2D eigenvalue weighted by molar-refractivity contribution is 6.17. The molecule has 0 atom stereocenters. The predicted molar refractivity (Wildman–Crippen MR) is 293 cm³/mol. The first-order chi connectivity index (χ1) is 36.0. The topological polar surface area (TPSA) is 92.4 Å². The molecule has 8 nitrogen and oxygen atoms in total. The summed E-state index contributed by atoms with van der Waals surface area (Å²) >= 11 is 0. The van der Waals surface area contributed by atoms with E-state index < -0.39 is 0 Å². The van der Waals surface area contributed by atoms with E-state index in [1.807, 2.05) is 194 Å². The van der Waals surface area contributed by atoms with Crippen molar-refractivity contribution >= 4 is 56.5 Å². The molecule has 0 aliphatic rings. The van der Waals surface area contributed by atoms with Gasteiger partial charge in [0.05, 0.1) is 17.1 Å². The molecule has 0 bridgehead atoms. The van der Waals surface area contributed by atoms with Gasteiger partial charge in [-0.05, 0) is 132 Å². The van der Waals surface area contributed by atoms with Gasteiger partial charge < -0.3 is 4.42 Å². The van der Waals surface area contributed by atoms with Crippen LogP contribution in [0.4, 0.5) is 22.7 Å². The number of hydrogen-bond donors (Lipinski definition) is 0. The highest BCUT2D eigenvalue weighted by Gasteiger charge is 2.27. The second-order valence-corrected chi connectivity index (χ2v) is 17.5. The van der Waals surface area contributed by atoms with E-state index in [1.165, 1.54) is 0 Å². The maximum absolute atomic E-state index is 15.8. The van der Waals surface area contributed by atoms with Gasteiger partial charge in [-0.2, -0.15) is 0 Å². The molecule has 0 saturated carbocycles. The first-order valence-corrected chi connectivity index (χ1v) is 24.0. The van der Waals surface area contributed by atoms with Gasteiger partial charge in [-0.15, -0.1) is 0 Å². The molecule has 0 spiro atoms. The van der Waals surface area contributed by atoms with Crippen molar-refractivity contribution in [3.05, 3.63) is 272 Å². The Bertz CT molecular complexity index is 3750. The fourth-order valence-corrected chi connectivity index (χ4v) is 9.50. The molecule has 346 valence electrons. The summed E-state index contributed by atoms with van der Waals surface area (Å²) in [6.07, 6.45) is 5.31. The molecule has 0 unspecified atom stereocenters. The van der Waals surface area contributed by atoms with Crippen molar-refractivity contribution in [2.45, 2.75) is 0 Å². The van der Waals surface area contributed by atoms with Crippen LogP contribution in [-0.4, -0.2) is 26.8 Å². The number of anilines is 4. The molecule has 0 fully saturated rings. The fourth-order valence-electron chi connectivity index (χ4n) is 9.50. The first kappa shape index (κ1) is 44.2. The summed E-state index contributed by atoms with van der Waals surface area (Å²) < 4.78 is 6.79. The number of aromatic nitrogens is 3. The Balaban J connectivity index is 1.06. The number of rotatable bonds is 11. The molecule has 8 heteroatoms. The highest BCUT2D eigenvalue weighted by Crippen LogP contribution is 2.44. The molecule has 4 heterocycles. The monoisotopic (exact) mass is 941 g/mol. The number of hydrogen-bond acceptors (Lipinski definition) is 6. The maximum Gasteiger partial charge on any atom is 0.262 e. The van der Waals surface area contributed by atoms with Crippen molar-refractivity contribution in [2.24, 2.45) is 0 Å². The second-order valence-electron chi connectivity index (χ2n) is 17.5. The summed E-state index contributed by atoms with van der Waals surface area (Å²) in [5.74, 6) is -0.658. The summed E-state index contributed by atoms with van der Waals surface area (Å²) in [5, 5.41) is 1.93. The maximum atomic E-state index is 15.8. The zero-order chi connectivity index (χ0) is 49.1. The number of benzene rings is 8. The van der Waals surface area contributed by atoms with E-state index >= 15 is 9.59 Å². The Kier molecular flexibility index (Phi) is 11.7. The molecule has 12 rings (SSSR count). The Hall–Kier alpha value is -10.1. The third kappa shape index (κ3) is 8.70. The molecule has 0 saturated heterocycles. The fraction of sp³-hybridized carbons (Fsp3) is 0. The van der Waals surface area contributed by atoms with Gasteiger partial charge in [0.15, 0.2) is 0 Å². The second kappa shape index (κ2) is 19.4. The van der Waals surface area contributed by atoms with Gasteiger partial charge in [-0.3, -0.25) is 34.3 Å². The largest absolute Gasteiger partial charge is 0.455 e. The van der Waals surface area contributed by atoms with Crippen LogP contribution in [0.3, 0.4) is 0 Å². The van der Waals surface area contributed by atoms with Crippen LogP contribution in [0.25, 0.3) is 78.0 Å². The normalized spacial score (nSPS) is 11.1. The molecule has 12 aromatic rings. The number of fused-ring (bicyclic) bond motifs is 3. The van der Waals surface area contributed by atoms with Crippen molar-refractivity contribution < 1.29 is 14.0 Å². The van der Waals surface area contributed by atoms with E-state index in [1.54, 1.807) is 34.5 Å². The summed E-state index contributed by atoms with van der Waals surface area (Å²) in [5.41, 5.74) is 13.1. The van der Waals surface area contributed by atoms with Crippen molar-refractivity contribution in [2.75, 3.05) is 9.80 Å². The first-order valence-electron chi connectivity index (χ1n) is 24.0. The molecular formula is C65H43N5O3. The molecule has 73 heavy (non-hydrogen) atoms. The lowest BCUT2D eigenvalue weighted by Crippen LogP contribution is -2.28. The Morgan fingerprint density at radius 2 is 0.753 bits per heavy atom. The average Bonchev–Trinajstić information content (AvgIpc) is 3.85. The van der Waals surface area contributed by atoms with Gasteiger partial charge in [0, 0.05) is 85.5 Å². The number of furan rings is 1.